The summed E-state index contributed by atoms with van der Waals surface area (Å²) < 4.78 is 77.4. The third-order valence-electron chi connectivity index (χ3n) is 1.91. The predicted octanol–water partition coefficient (Wildman–Crippen LogP) is 3.59. The molecule has 1 heterocycles. The summed E-state index contributed by atoms with van der Waals surface area (Å²) in [6, 6.07) is -0.0183. The number of hydrogen-bond donors (Lipinski definition) is 1. The van der Waals surface area contributed by atoms with Crippen molar-refractivity contribution < 1.29 is 41.0 Å². The van der Waals surface area contributed by atoms with E-state index in [2.05, 4.69) is 25.7 Å². The molecule has 0 saturated carbocycles. The molecule has 0 fully saturated rings. The molecule has 0 aromatic carbocycles. The van der Waals surface area contributed by atoms with Crippen molar-refractivity contribution in [2.45, 2.75) is 17.9 Å². The zero-order valence-corrected chi connectivity index (χ0v) is 10.7. The van der Waals surface area contributed by atoms with Crippen LogP contribution >= 0.6 is 15.9 Å². The standard InChI is InChI=1S/C9H4BrF6NO3/c10-2-4-6(20-9(14,15)16)3(7(18)19)1-5(17-4)8(11,12)13/h1H,2H2,(H,18,19). The Hall–Kier alpha value is -1.52. The number of rotatable bonds is 3. The van der Waals surface area contributed by atoms with Crippen LogP contribution in [0.1, 0.15) is 21.7 Å². The molecule has 0 saturated heterocycles. The molecule has 0 atom stereocenters. The second-order valence-corrected chi connectivity index (χ2v) is 3.88. The molecule has 20 heavy (non-hydrogen) atoms. The first kappa shape index (κ1) is 16.5. The van der Waals surface area contributed by atoms with Gasteiger partial charge < -0.3 is 9.84 Å². The first-order chi connectivity index (χ1) is 8.95. The van der Waals surface area contributed by atoms with Crippen LogP contribution in [0.3, 0.4) is 0 Å². The Balaban J connectivity index is 3.53. The van der Waals surface area contributed by atoms with E-state index in [1.165, 1.54) is 0 Å². The van der Waals surface area contributed by atoms with Gasteiger partial charge in [-0.05, 0) is 6.07 Å². The lowest BCUT2D eigenvalue weighted by atomic mass is 10.1. The van der Waals surface area contributed by atoms with Crippen LogP contribution in [0.25, 0.3) is 0 Å². The summed E-state index contributed by atoms with van der Waals surface area (Å²) in [7, 11) is 0. The number of alkyl halides is 7. The monoisotopic (exact) mass is 367 g/mol. The first-order valence-electron chi connectivity index (χ1n) is 4.62. The van der Waals surface area contributed by atoms with E-state index in [1.54, 1.807) is 0 Å². The van der Waals surface area contributed by atoms with Gasteiger partial charge in [0, 0.05) is 5.33 Å². The van der Waals surface area contributed by atoms with Crippen molar-refractivity contribution in [3.63, 3.8) is 0 Å². The van der Waals surface area contributed by atoms with Crippen LogP contribution in [0.2, 0.25) is 0 Å². The number of ether oxygens (including phenoxy) is 1. The lowest BCUT2D eigenvalue weighted by molar-refractivity contribution is -0.275. The van der Waals surface area contributed by atoms with Crippen LogP contribution in [-0.4, -0.2) is 22.4 Å². The van der Waals surface area contributed by atoms with Gasteiger partial charge in [-0.25, -0.2) is 9.78 Å². The summed E-state index contributed by atoms with van der Waals surface area (Å²) >= 11 is 2.63. The van der Waals surface area contributed by atoms with Gasteiger partial charge >= 0.3 is 18.5 Å². The number of aromatic nitrogens is 1. The third kappa shape index (κ3) is 3.99. The van der Waals surface area contributed by atoms with Crippen LogP contribution in [0.15, 0.2) is 6.07 Å². The maximum absolute atomic E-state index is 12.5. The van der Waals surface area contributed by atoms with Crippen LogP contribution in [0.4, 0.5) is 26.3 Å². The topological polar surface area (TPSA) is 59.4 Å². The van der Waals surface area contributed by atoms with E-state index < -0.39 is 46.5 Å². The van der Waals surface area contributed by atoms with E-state index in [1.807, 2.05) is 0 Å². The normalized spacial score (nSPS) is 12.3. The Morgan fingerprint density at radius 2 is 1.85 bits per heavy atom. The summed E-state index contributed by atoms with van der Waals surface area (Å²) in [6.07, 6.45) is -10.3. The second-order valence-electron chi connectivity index (χ2n) is 3.32. The molecule has 1 rings (SSSR count). The van der Waals surface area contributed by atoms with Crippen molar-refractivity contribution in [2.24, 2.45) is 0 Å². The minimum Gasteiger partial charge on any atom is -0.478 e. The Bertz CT molecular complexity index is 528. The smallest absolute Gasteiger partial charge is 0.478 e. The van der Waals surface area contributed by atoms with E-state index in [9.17, 15) is 31.1 Å². The summed E-state index contributed by atoms with van der Waals surface area (Å²) in [5.41, 5.74) is -3.73. The molecule has 112 valence electrons. The molecule has 0 aliphatic heterocycles. The molecule has 0 aliphatic rings. The van der Waals surface area contributed by atoms with Gasteiger partial charge in [-0.1, -0.05) is 15.9 Å². The van der Waals surface area contributed by atoms with Crippen molar-refractivity contribution in [3.8, 4) is 5.75 Å². The lowest BCUT2D eigenvalue weighted by Gasteiger charge is -2.16. The van der Waals surface area contributed by atoms with Crippen molar-refractivity contribution in [3.05, 3.63) is 23.0 Å². The van der Waals surface area contributed by atoms with Gasteiger partial charge in [0.25, 0.3) is 0 Å². The van der Waals surface area contributed by atoms with E-state index in [0.717, 1.165) is 0 Å². The molecule has 0 amide bonds. The first-order valence-corrected chi connectivity index (χ1v) is 5.74. The SMILES string of the molecule is O=C(O)c1cc(C(F)(F)F)nc(CBr)c1OC(F)(F)F. The van der Waals surface area contributed by atoms with E-state index in [4.69, 9.17) is 5.11 Å². The molecule has 0 spiro atoms. The van der Waals surface area contributed by atoms with Crippen LogP contribution < -0.4 is 4.74 Å². The molecule has 0 unspecified atom stereocenters. The number of carboxylic acids is 1. The number of carbonyl (C=O) groups is 1. The fourth-order valence-corrected chi connectivity index (χ4v) is 1.59. The van der Waals surface area contributed by atoms with Gasteiger partial charge in [0.05, 0.1) is 5.69 Å². The Kier molecular flexibility index (Phi) is 4.52. The molecule has 1 aromatic rings. The van der Waals surface area contributed by atoms with E-state index in [0.29, 0.717) is 0 Å². The Morgan fingerprint density at radius 3 is 2.20 bits per heavy atom. The number of hydrogen-bond acceptors (Lipinski definition) is 3. The zero-order valence-electron chi connectivity index (χ0n) is 9.14. The average Bonchev–Trinajstić information content (AvgIpc) is 2.25. The molecular formula is C9H4BrF6NO3. The average molecular weight is 368 g/mol. The molecule has 1 aromatic heterocycles. The van der Waals surface area contributed by atoms with Crippen LogP contribution in [0.5, 0.6) is 5.75 Å². The molecule has 1 N–H and O–H groups in total. The largest absolute Gasteiger partial charge is 0.573 e. The molecule has 0 aliphatic carbocycles. The fraction of sp³-hybridized carbons (Fsp3) is 0.333. The number of nitrogens with zero attached hydrogens (tertiary/aromatic N) is 1. The highest BCUT2D eigenvalue weighted by Gasteiger charge is 2.39. The van der Waals surface area contributed by atoms with Gasteiger partial charge in [0.1, 0.15) is 11.3 Å². The summed E-state index contributed by atoms with van der Waals surface area (Å²) in [5.74, 6) is -3.28. The number of pyridine rings is 1. The zero-order chi connectivity index (χ0) is 15.7. The molecule has 4 nitrogen and oxygen atoms in total. The minimum absolute atomic E-state index is 0.0183. The maximum atomic E-state index is 12.5. The molecule has 11 heteroatoms. The van der Waals surface area contributed by atoms with Crippen LogP contribution in [0, 0.1) is 0 Å². The van der Waals surface area contributed by atoms with Crippen molar-refractivity contribution in [1.82, 2.24) is 4.98 Å². The molecule has 0 radical (unpaired) electrons. The van der Waals surface area contributed by atoms with Gasteiger partial charge in [-0.2, -0.15) is 13.2 Å². The van der Waals surface area contributed by atoms with Gasteiger partial charge in [0.15, 0.2) is 5.75 Å². The van der Waals surface area contributed by atoms with Gasteiger partial charge in [0.2, 0.25) is 0 Å². The van der Waals surface area contributed by atoms with Crippen molar-refractivity contribution in [2.75, 3.05) is 0 Å². The van der Waals surface area contributed by atoms with E-state index in [-0.39, 0.29) is 6.07 Å². The lowest BCUT2D eigenvalue weighted by Crippen LogP contribution is -2.22. The van der Waals surface area contributed by atoms with Crippen molar-refractivity contribution in [1.29, 1.82) is 0 Å². The minimum atomic E-state index is -5.26. The highest BCUT2D eigenvalue weighted by Crippen LogP contribution is 2.35. The Labute approximate surface area is 115 Å². The highest BCUT2D eigenvalue weighted by atomic mass is 79.9. The summed E-state index contributed by atoms with van der Waals surface area (Å²) in [6.45, 7) is 0. The number of halogens is 7. The second kappa shape index (κ2) is 5.46. The van der Waals surface area contributed by atoms with E-state index >= 15 is 0 Å². The summed E-state index contributed by atoms with van der Waals surface area (Å²) in [4.78, 5) is 13.7. The summed E-state index contributed by atoms with van der Waals surface area (Å²) in [5, 5.41) is 8.16. The predicted molar refractivity (Wildman–Crippen MR) is 55.5 cm³/mol. The fourth-order valence-electron chi connectivity index (χ4n) is 1.21. The Morgan fingerprint density at radius 1 is 1.30 bits per heavy atom. The molecule has 0 bridgehead atoms. The van der Waals surface area contributed by atoms with Gasteiger partial charge in [-0.15, -0.1) is 13.2 Å². The van der Waals surface area contributed by atoms with Gasteiger partial charge in [-0.3, -0.25) is 0 Å². The highest BCUT2D eigenvalue weighted by molar-refractivity contribution is 9.08. The number of aromatic carboxylic acids is 1. The maximum Gasteiger partial charge on any atom is 0.573 e. The molecular weight excluding hydrogens is 364 g/mol. The van der Waals surface area contributed by atoms with Crippen LogP contribution in [-0.2, 0) is 11.5 Å². The number of carboxylic acid groups (broad SMARTS) is 1. The third-order valence-corrected chi connectivity index (χ3v) is 2.44. The quantitative estimate of drug-likeness (QED) is 0.655. The van der Waals surface area contributed by atoms with Crippen molar-refractivity contribution >= 4 is 21.9 Å².